The molecule has 1 N–H and O–H groups in total. The first kappa shape index (κ1) is 21.2. The van der Waals surface area contributed by atoms with Crippen molar-refractivity contribution in [1.82, 2.24) is 9.97 Å². The summed E-state index contributed by atoms with van der Waals surface area (Å²) in [5.41, 5.74) is 0.680. The lowest BCUT2D eigenvalue weighted by Gasteiger charge is -2.20. The number of rotatable bonds is 6. The normalized spacial score (nSPS) is 12.3. The van der Waals surface area contributed by atoms with Crippen molar-refractivity contribution >= 4 is 11.8 Å². The summed E-state index contributed by atoms with van der Waals surface area (Å²) in [5.74, 6) is -3.74. The molecule has 0 fully saturated rings. The first-order valence-corrected chi connectivity index (χ1v) is 8.57. The molecule has 5 nitrogen and oxygen atoms in total. The van der Waals surface area contributed by atoms with Gasteiger partial charge in [-0.05, 0) is 17.7 Å². The van der Waals surface area contributed by atoms with E-state index in [9.17, 15) is 26.7 Å². The largest absolute Gasteiger partial charge is 0.490 e. The number of hydrogen-bond acceptors (Lipinski definition) is 5. The minimum absolute atomic E-state index is 0.154. The van der Waals surface area contributed by atoms with Gasteiger partial charge in [-0.2, -0.15) is 13.2 Å². The summed E-state index contributed by atoms with van der Waals surface area (Å²) in [6.07, 6.45) is -5.28. The molecule has 0 bridgehead atoms. The molecule has 0 saturated carbocycles. The average Bonchev–Trinajstić information content (AvgIpc) is 2.70. The van der Waals surface area contributed by atoms with E-state index in [-0.39, 0.29) is 23.6 Å². The van der Waals surface area contributed by atoms with Crippen LogP contribution in [-0.2, 0) is 9.53 Å². The Morgan fingerprint density at radius 3 is 2.30 bits per heavy atom. The summed E-state index contributed by atoms with van der Waals surface area (Å²) in [6, 6.07) is 12.1. The van der Waals surface area contributed by atoms with E-state index in [1.54, 1.807) is 18.2 Å². The van der Waals surface area contributed by atoms with E-state index < -0.39 is 29.9 Å². The number of aromatic nitrogens is 2. The third kappa shape index (κ3) is 5.49. The van der Waals surface area contributed by atoms with Crippen molar-refractivity contribution in [2.24, 2.45) is 0 Å². The predicted octanol–water partition coefficient (Wildman–Crippen LogP) is 4.68. The zero-order chi connectivity index (χ0) is 21.7. The molecule has 0 saturated heterocycles. The fraction of sp³-hybridized carbons (Fsp3) is 0.150. The zero-order valence-corrected chi connectivity index (χ0v) is 15.2. The molecule has 3 aromatic rings. The fourth-order valence-electron chi connectivity index (χ4n) is 2.60. The molecule has 156 valence electrons. The van der Waals surface area contributed by atoms with Gasteiger partial charge in [-0.25, -0.2) is 23.5 Å². The lowest BCUT2D eigenvalue weighted by molar-refractivity contribution is -0.204. The standard InChI is InChI=1S/C20H14F5N3O2/c21-14-6-13(7-15(22)8-14)16-9-18(28-11-27-16)26-10-17(12-4-2-1-3-5-12)30-19(29)20(23,24)25/h1-9,11,17H,10H2,(H,26,27,28)/t17-/m0/s1. The summed E-state index contributed by atoms with van der Waals surface area (Å²) >= 11 is 0. The third-order valence-corrected chi connectivity index (χ3v) is 3.95. The minimum atomic E-state index is -5.14. The summed E-state index contributed by atoms with van der Waals surface area (Å²) in [4.78, 5) is 19.2. The molecule has 10 heteroatoms. The predicted molar refractivity (Wildman–Crippen MR) is 97.2 cm³/mol. The Labute approximate surface area is 167 Å². The molecule has 1 atom stereocenters. The number of ether oxygens (including phenoxy) is 1. The highest BCUT2D eigenvalue weighted by Gasteiger charge is 2.42. The molecule has 2 aromatic carbocycles. The van der Waals surface area contributed by atoms with Gasteiger partial charge in [0.1, 0.15) is 29.9 Å². The van der Waals surface area contributed by atoms with Crippen molar-refractivity contribution in [2.45, 2.75) is 12.3 Å². The lowest BCUT2D eigenvalue weighted by Crippen LogP contribution is -2.29. The Hall–Kier alpha value is -3.56. The second-order valence-corrected chi connectivity index (χ2v) is 6.13. The number of anilines is 1. The second kappa shape index (κ2) is 8.85. The van der Waals surface area contributed by atoms with E-state index in [4.69, 9.17) is 0 Å². The quantitative estimate of drug-likeness (QED) is 0.461. The molecule has 3 rings (SSSR count). The summed E-state index contributed by atoms with van der Waals surface area (Å²) in [6.45, 7) is -0.236. The number of nitrogens with one attached hydrogen (secondary N) is 1. The second-order valence-electron chi connectivity index (χ2n) is 6.13. The molecule has 0 unspecified atom stereocenters. The van der Waals surface area contributed by atoms with Crippen LogP contribution in [0.4, 0.5) is 27.8 Å². The number of carbonyl (C=O) groups excluding carboxylic acids is 1. The molecule has 0 aliphatic carbocycles. The first-order valence-electron chi connectivity index (χ1n) is 8.57. The van der Waals surface area contributed by atoms with E-state index in [2.05, 4.69) is 20.0 Å². The van der Waals surface area contributed by atoms with Crippen LogP contribution in [0.1, 0.15) is 11.7 Å². The van der Waals surface area contributed by atoms with Crippen LogP contribution in [0.15, 0.2) is 60.9 Å². The number of hydrogen-bond donors (Lipinski definition) is 1. The molecule has 30 heavy (non-hydrogen) atoms. The number of nitrogens with zero attached hydrogens (tertiary/aromatic N) is 2. The van der Waals surface area contributed by atoms with Gasteiger partial charge in [0.2, 0.25) is 0 Å². The van der Waals surface area contributed by atoms with Crippen molar-refractivity contribution in [3.05, 3.63) is 78.1 Å². The number of esters is 1. The van der Waals surface area contributed by atoms with E-state index in [0.29, 0.717) is 11.6 Å². The Bertz CT molecular complexity index is 1010. The monoisotopic (exact) mass is 423 g/mol. The summed E-state index contributed by atoms with van der Waals surface area (Å²) in [5, 5.41) is 2.76. The number of alkyl halides is 3. The summed E-state index contributed by atoms with van der Waals surface area (Å²) < 4.78 is 69.3. The number of carbonyl (C=O) groups is 1. The van der Waals surface area contributed by atoms with Crippen LogP contribution < -0.4 is 5.32 Å². The molecular weight excluding hydrogens is 409 g/mol. The van der Waals surface area contributed by atoms with Gasteiger partial charge in [-0.1, -0.05) is 30.3 Å². The van der Waals surface area contributed by atoms with E-state index >= 15 is 0 Å². The number of halogens is 5. The Morgan fingerprint density at radius 2 is 1.67 bits per heavy atom. The maximum Gasteiger partial charge on any atom is 0.490 e. The van der Waals surface area contributed by atoms with Crippen LogP contribution in [0.2, 0.25) is 0 Å². The van der Waals surface area contributed by atoms with Crippen molar-refractivity contribution < 1.29 is 31.5 Å². The van der Waals surface area contributed by atoms with Crippen LogP contribution in [0.3, 0.4) is 0 Å². The third-order valence-electron chi connectivity index (χ3n) is 3.95. The molecular formula is C20H14F5N3O2. The molecule has 0 amide bonds. The van der Waals surface area contributed by atoms with Crippen molar-refractivity contribution in [3.63, 3.8) is 0 Å². The SMILES string of the molecule is O=C(O[C@@H](CNc1cc(-c2cc(F)cc(F)c2)ncn1)c1ccccc1)C(F)(F)F. The van der Waals surface area contributed by atoms with Gasteiger partial charge in [-0.3, -0.25) is 0 Å². The van der Waals surface area contributed by atoms with E-state index in [0.717, 1.165) is 18.5 Å². The van der Waals surface area contributed by atoms with Gasteiger partial charge >= 0.3 is 12.1 Å². The maximum absolute atomic E-state index is 13.4. The molecule has 0 spiro atoms. The molecule has 1 aromatic heterocycles. The van der Waals surface area contributed by atoms with Crippen LogP contribution in [0.5, 0.6) is 0 Å². The van der Waals surface area contributed by atoms with Gasteiger partial charge < -0.3 is 10.1 Å². The van der Waals surface area contributed by atoms with Crippen molar-refractivity contribution in [3.8, 4) is 11.3 Å². The average molecular weight is 423 g/mol. The molecule has 1 heterocycles. The van der Waals surface area contributed by atoms with Gasteiger partial charge in [0.15, 0.2) is 0 Å². The Kier molecular flexibility index (Phi) is 6.24. The van der Waals surface area contributed by atoms with Crippen LogP contribution >= 0.6 is 0 Å². The highest BCUT2D eigenvalue weighted by Crippen LogP contribution is 2.25. The summed E-state index contributed by atoms with van der Waals surface area (Å²) in [7, 11) is 0. The zero-order valence-electron chi connectivity index (χ0n) is 15.2. The highest BCUT2D eigenvalue weighted by molar-refractivity contribution is 5.76. The van der Waals surface area contributed by atoms with Crippen LogP contribution in [0.25, 0.3) is 11.3 Å². The Morgan fingerprint density at radius 1 is 1.00 bits per heavy atom. The topological polar surface area (TPSA) is 64.1 Å². The Balaban J connectivity index is 1.79. The van der Waals surface area contributed by atoms with Gasteiger partial charge in [-0.15, -0.1) is 0 Å². The van der Waals surface area contributed by atoms with E-state index in [1.165, 1.54) is 18.2 Å². The highest BCUT2D eigenvalue weighted by atomic mass is 19.4. The number of benzene rings is 2. The van der Waals surface area contributed by atoms with Gasteiger partial charge in [0.25, 0.3) is 0 Å². The van der Waals surface area contributed by atoms with Crippen LogP contribution in [0, 0.1) is 11.6 Å². The molecule has 0 radical (unpaired) electrons. The maximum atomic E-state index is 13.4. The fourth-order valence-corrected chi connectivity index (χ4v) is 2.60. The van der Waals surface area contributed by atoms with Gasteiger partial charge in [0.05, 0.1) is 12.2 Å². The smallest absolute Gasteiger partial charge is 0.449 e. The minimum Gasteiger partial charge on any atom is -0.449 e. The first-order chi connectivity index (χ1) is 14.2. The lowest BCUT2D eigenvalue weighted by atomic mass is 10.1. The molecule has 0 aliphatic rings. The van der Waals surface area contributed by atoms with Crippen LogP contribution in [-0.4, -0.2) is 28.7 Å². The van der Waals surface area contributed by atoms with Gasteiger partial charge in [0, 0.05) is 17.7 Å². The van der Waals surface area contributed by atoms with Crippen molar-refractivity contribution in [1.29, 1.82) is 0 Å². The van der Waals surface area contributed by atoms with Crippen molar-refractivity contribution in [2.75, 3.05) is 11.9 Å². The molecule has 0 aliphatic heterocycles. The van der Waals surface area contributed by atoms with E-state index in [1.807, 2.05) is 0 Å².